The Labute approximate surface area is 215 Å². The van der Waals surface area contributed by atoms with Crippen molar-refractivity contribution in [2.45, 2.75) is 70.3 Å². The summed E-state index contributed by atoms with van der Waals surface area (Å²) in [5.74, 6) is -4.73. The molecule has 0 atom stereocenters. The molecule has 0 unspecified atom stereocenters. The minimum atomic E-state index is -2.47. The summed E-state index contributed by atoms with van der Waals surface area (Å²) >= 11 is 0. The Bertz CT molecular complexity index is 364. The van der Waals surface area contributed by atoms with Crippen LogP contribution < -0.4 is 0 Å². The minimum absolute atomic E-state index is 0. The number of carboxylic acid groups (broad SMARTS) is 3. The molecule has 0 bridgehead atoms. The fourth-order valence-electron chi connectivity index (χ4n) is 2.19. The van der Waals surface area contributed by atoms with Crippen LogP contribution in [0.2, 0.25) is 0 Å². The summed E-state index contributed by atoms with van der Waals surface area (Å²) in [5, 5.41) is 26.8. The Morgan fingerprint density at radius 1 is 0.760 bits per heavy atom. The van der Waals surface area contributed by atoms with E-state index in [4.69, 9.17) is 15.3 Å². The van der Waals surface area contributed by atoms with Crippen LogP contribution in [0.4, 0.5) is 0 Å². The zero-order valence-electron chi connectivity index (χ0n) is 13.0. The van der Waals surface area contributed by atoms with Crippen molar-refractivity contribution >= 4 is 107 Å². The van der Waals surface area contributed by atoms with Crippen molar-refractivity contribution in [3.63, 3.8) is 0 Å². The quantitative estimate of drug-likeness (QED) is 0.225. The zero-order chi connectivity index (χ0) is 17.0. The van der Waals surface area contributed by atoms with Gasteiger partial charge in [-0.2, -0.15) is 0 Å². The fraction of sp³-hybridized carbons (Fsp3) is 0.800. The molecule has 0 aromatic rings. The fourth-order valence-corrected chi connectivity index (χ4v) is 2.19. The number of carboxylic acids is 3. The van der Waals surface area contributed by atoms with Crippen molar-refractivity contribution in [2.75, 3.05) is 6.61 Å². The standard InChI is InChI=1S/C15H26O7.3Na.3H/c1-2-3-4-5-6-7-8-9-10-15(13(18)19,14(20)21)22-11-12(16)17;;;;;;/h2-11H2,1H3,(H,16,17)(H,18,19)(H,20,21);;;;;;. The second-order valence-corrected chi connectivity index (χ2v) is 5.34. The topological polar surface area (TPSA) is 121 Å². The molecule has 134 valence electrons. The Hall–Kier alpha value is 1.37. The van der Waals surface area contributed by atoms with Crippen LogP contribution in [0.15, 0.2) is 0 Å². The normalized spacial score (nSPS) is 9.96. The Balaban J connectivity index is -0.000000735. The predicted octanol–water partition coefficient (Wildman–Crippen LogP) is 0.581. The molecule has 3 N–H and O–H groups in total. The third-order valence-corrected chi connectivity index (χ3v) is 3.52. The summed E-state index contributed by atoms with van der Waals surface area (Å²) in [4.78, 5) is 32.9. The predicted molar refractivity (Wildman–Crippen MR) is 100 cm³/mol. The number of ether oxygens (including phenoxy) is 1. The molecule has 0 aromatic heterocycles. The molecular weight excluding hydrogens is 361 g/mol. The van der Waals surface area contributed by atoms with Gasteiger partial charge in [-0.15, -0.1) is 0 Å². The van der Waals surface area contributed by atoms with Crippen molar-refractivity contribution < 1.29 is 34.4 Å². The number of aliphatic carboxylic acids is 3. The van der Waals surface area contributed by atoms with Gasteiger partial charge in [-0.05, 0) is 12.8 Å². The molecule has 0 saturated carbocycles. The first-order valence-corrected chi connectivity index (χ1v) is 7.69. The third kappa shape index (κ3) is 15.0. The number of carbonyl (C=O) groups is 3. The van der Waals surface area contributed by atoms with Crippen LogP contribution in [-0.4, -0.2) is 134 Å². The van der Waals surface area contributed by atoms with Gasteiger partial charge in [0.15, 0.2) is 0 Å². The average molecular weight is 390 g/mol. The molecule has 0 saturated heterocycles. The van der Waals surface area contributed by atoms with E-state index in [-0.39, 0.29) is 95.1 Å². The zero-order valence-corrected chi connectivity index (χ0v) is 13.0. The van der Waals surface area contributed by atoms with E-state index in [9.17, 15) is 14.4 Å². The van der Waals surface area contributed by atoms with Gasteiger partial charge in [0, 0.05) is 0 Å². The Morgan fingerprint density at radius 2 is 1.16 bits per heavy atom. The molecule has 0 aromatic carbocycles. The summed E-state index contributed by atoms with van der Waals surface area (Å²) in [5.41, 5.74) is -2.47. The molecule has 25 heavy (non-hydrogen) atoms. The van der Waals surface area contributed by atoms with Crippen LogP contribution in [0.5, 0.6) is 0 Å². The number of rotatable bonds is 14. The summed E-state index contributed by atoms with van der Waals surface area (Å²) in [6.45, 7) is 1.18. The summed E-state index contributed by atoms with van der Waals surface area (Å²) in [6, 6.07) is 0. The molecule has 0 heterocycles. The van der Waals surface area contributed by atoms with Crippen molar-refractivity contribution in [3.05, 3.63) is 0 Å². The summed E-state index contributed by atoms with van der Waals surface area (Å²) in [6.07, 6.45) is 7.42. The van der Waals surface area contributed by atoms with Crippen LogP contribution in [-0.2, 0) is 19.1 Å². The third-order valence-electron chi connectivity index (χ3n) is 3.52. The molecule has 0 fully saturated rings. The molecule has 0 aliphatic carbocycles. The van der Waals surface area contributed by atoms with E-state index in [0.29, 0.717) is 12.8 Å². The van der Waals surface area contributed by atoms with E-state index in [1.165, 1.54) is 19.3 Å². The molecular formula is C15H29Na3O7. The monoisotopic (exact) mass is 390 g/mol. The Kier molecular flexibility index (Phi) is 27.3. The van der Waals surface area contributed by atoms with Crippen molar-refractivity contribution in [1.29, 1.82) is 0 Å². The summed E-state index contributed by atoms with van der Waals surface area (Å²) < 4.78 is 4.68. The van der Waals surface area contributed by atoms with Gasteiger partial charge >= 0.3 is 107 Å². The van der Waals surface area contributed by atoms with Gasteiger partial charge in [0.05, 0.1) is 0 Å². The molecule has 0 aliphatic rings. The molecule has 0 amide bonds. The van der Waals surface area contributed by atoms with Crippen LogP contribution in [0, 0.1) is 0 Å². The van der Waals surface area contributed by atoms with Gasteiger partial charge in [-0.1, -0.05) is 51.9 Å². The van der Waals surface area contributed by atoms with Gasteiger partial charge in [0.2, 0.25) is 0 Å². The van der Waals surface area contributed by atoms with E-state index >= 15 is 0 Å². The van der Waals surface area contributed by atoms with Crippen LogP contribution >= 0.6 is 0 Å². The molecule has 10 heteroatoms. The first-order chi connectivity index (χ1) is 10.4. The van der Waals surface area contributed by atoms with Crippen LogP contribution in [0.3, 0.4) is 0 Å². The van der Waals surface area contributed by atoms with Gasteiger partial charge in [0.1, 0.15) is 6.61 Å². The number of hydrogen-bond donors (Lipinski definition) is 3. The number of unbranched alkanes of at least 4 members (excludes halogenated alkanes) is 7. The van der Waals surface area contributed by atoms with Crippen molar-refractivity contribution in [2.24, 2.45) is 0 Å². The average Bonchev–Trinajstić information content (AvgIpc) is 2.44. The van der Waals surface area contributed by atoms with Crippen molar-refractivity contribution in [1.82, 2.24) is 0 Å². The SMILES string of the molecule is CCCCCCCCCCC(OCC(=O)O)(C(=O)O)C(=O)O.[NaH].[NaH].[NaH]. The molecule has 0 rings (SSSR count). The first kappa shape index (κ1) is 33.9. The van der Waals surface area contributed by atoms with Gasteiger partial charge in [-0.3, -0.25) is 0 Å². The number of hydrogen-bond acceptors (Lipinski definition) is 4. The van der Waals surface area contributed by atoms with Gasteiger partial charge in [-0.25, -0.2) is 14.4 Å². The van der Waals surface area contributed by atoms with Crippen molar-refractivity contribution in [3.8, 4) is 0 Å². The first-order valence-electron chi connectivity index (χ1n) is 7.69. The second-order valence-electron chi connectivity index (χ2n) is 5.34. The van der Waals surface area contributed by atoms with E-state index in [2.05, 4.69) is 11.7 Å². The molecule has 0 radical (unpaired) electrons. The van der Waals surface area contributed by atoms with Crippen LogP contribution in [0.25, 0.3) is 0 Å². The van der Waals surface area contributed by atoms with E-state index in [1.807, 2.05) is 0 Å². The van der Waals surface area contributed by atoms with Crippen LogP contribution in [0.1, 0.15) is 64.7 Å². The molecule has 0 aliphatic heterocycles. The summed E-state index contributed by atoms with van der Waals surface area (Å²) in [7, 11) is 0. The van der Waals surface area contributed by atoms with E-state index < -0.39 is 30.1 Å². The second kappa shape index (κ2) is 20.1. The maximum absolute atomic E-state index is 11.2. The molecule has 0 spiro atoms. The maximum atomic E-state index is 11.2. The molecule has 7 nitrogen and oxygen atoms in total. The van der Waals surface area contributed by atoms with Gasteiger partial charge < -0.3 is 20.1 Å². The van der Waals surface area contributed by atoms with E-state index in [1.54, 1.807) is 0 Å². The van der Waals surface area contributed by atoms with Gasteiger partial charge in [0.25, 0.3) is 5.60 Å². The van der Waals surface area contributed by atoms with E-state index in [0.717, 1.165) is 19.3 Å². The Morgan fingerprint density at radius 3 is 1.52 bits per heavy atom.